The van der Waals surface area contributed by atoms with E-state index in [2.05, 4.69) is 67.2 Å². The molecule has 0 aliphatic carbocycles. The van der Waals surface area contributed by atoms with Crippen LogP contribution in [0.25, 0.3) is 0 Å². The first kappa shape index (κ1) is 18.9. The molecule has 0 bridgehead atoms. The van der Waals surface area contributed by atoms with Gasteiger partial charge in [0, 0.05) is 30.5 Å². The lowest BCUT2D eigenvalue weighted by molar-refractivity contribution is 0.243. The predicted molar refractivity (Wildman–Crippen MR) is 113 cm³/mol. The summed E-state index contributed by atoms with van der Waals surface area (Å²) >= 11 is 0. The SMILES string of the molecule is Cc1cccc(Cc2cc(C)nc([C@H]3CCCN3Cc3cnn(C)c3C)c2)c1. The number of aromatic nitrogens is 3. The molecule has 3 heterocycles. The average molecular weight is 375 g/mol. The van der Waals surface area contributed by atoms with Gasteiger partial charge in [0.05, 0.1) is 17.9 Å². The molecule has 1 aliphatic heterocycles. The summed E-state index contributed by atoms with van der Waals surface area (Å²) in [5.74, 6) is 0. The van der Waals surface area contributed by atoms with Crippen LogP contribution >= 0.6 is 0 Å². The maximum absolute atomic E-state index is 4.93. The van der Waals surface area contributed by atoms with Gasteiger partial charge in [0.25, 0.3) is 0 Å². The summed E-state index contributed by atoms with van der Waals surface area (Å²) in [6.07, 6.45) is 5.39. The fraction of sp³-hybridized carbons (Fsp3) is 0.417. The van der Waals surface area contributed by atoms with Gasteiger partial charge >= 0.3 is 0 Å². The van der Waals surface area contributed by atoms with Gasteiger partial charge in [-0.25, -0.2) is 0 Å². The van der Waals surface area contributed by atoms with E-state index in [4.69, 9.17) is 4.98 Å². The lowest BCUT2D eigenvalue weighted by Crippen LogP contribution is -2.24. The van der Waals surface area contributed by atoms with Crippen molar-refractivity contribution in [2.24, 2.45) is 7.05 Å². The molecule has 0 spiro atoms. The van der Waals surface area contributed by atoms with E-state index in [9.17, 15) is 0 Å². The van der Waals surface area contributed by atoms with Crippen molar-refractivity contribution in [2.45, 2.75) is 52.6 Å². The zero-order valence-electron chi connectivity index (χ0n) is 17.4. The molecule has 0 unspecified atom stereocenters. The molecule has 1 aromatic carbocycles. The minimum atomic E-state index is 0.399. The van der Waals surface area contributed by atoms with Crippen molar-refractivity contribution >= 4 is 0 Å². The summed E-state index contributed by atoms with van der Waals surface area (Å²) in [6.45, 7) is 8.50. The molecule has 2 aromatic heterocycles. The van der Waals surface area contributed by atoms with Crippen LogP contribution in [0, 0.1) is 20.8 Å². The van der Waals surface area contributed by atoms with Gasteiger partial charge in [-0.2, -0.15) is 5.10 Å². The van der Waals surface area contributed by atoms with E-state index >= 15 is 0 Å². The van der Waals surface area contributed by atoms with Crippen LogP contribution in [0.4, 0.5) is 0 Å². The van der Waals surface area contributed by atoms with E-state index < -0.39 is 0 Å². The first-order chi connectivity index (χ1) is 13.5. The quantitative estimate of drug-likeness (QED) is 0.651. The van der Waals surface area contributed by atoms with Crippen LogP contribution in [-0.2, 0) is 20.0 Å². The highest BCUT2D eigenvalue weighted by molar-refractivity contribution is 5.32. The van der Waals surface area contributed by atoms with Crippen molar-refractivity contribution in [3.8, 4) is 0 Å². The minimum absolute atomic E-state index is 0.399. The van der Waals surface area contributed by atoms with Crippen LogP contribution < -0.4 is 0 Å². The summed E-state index contributed by atoms with van der Waals surface area (Å²) in [4.78, 5) is 7.50. The first-order valence-electron chi connectivity index (χ1n) is 10.2. The maximum Gasteiger partial charge on any atom is 0.0581 e. The van der Waals surface area contributed by atoms with Gasteiger partial charge in [-0.15, -0.1) is 0 Å². The number of rotatable bonds is 5. The number of nitrogens with zero attached hydrogens (tertiary/aromatic N) is 4. The van der Waals surface area contributed by atoms with Crippen molar-refractivity contribution < 1.29 is 0 Å². The molecule has 1 fully saturated rings. The highest BCUT2D eigenvalue weighted by Gasteiger charge is 2.28. The van der Waals surface area contributed by atoms with Crippen molar-refractivity contribution in [3.05, 3.63) is 81.9 Å². The van der Waals surface area contributed by atoms with Crippen molar-refractivity contribution in [1.29, 1.82) is 0 Å². The highest BCUT2D eigenvalue weighted by atomic mass is 15.3. The van der Waals surface area contributed by atoms with Crippen LogP contribution in [0.15, 0.2) is 42.6 Å². The number of hydrogen-bond acceptors (Lipinski definition) is 3. The molecule has 0 radical (unpaired) electrons. The Bertz CT molecular complexity index is 972. The van der Waals surface area contributed by atoms with E-state index in [0.717, 1.165) is 25.2 Å². The Kier molecular flexibility index (Phi) is 5.31. The summed E-state index contributed by atoms with van der Waals surface area (Å²) in [5.41, 5.74) is 8.96. The van der Waals surface area contributed by atoms with Gasteiger partial charge in [0.15, 0.2) is 0 Å². The molecule has 1 aliphatic rings. The summed E-state index contributed by atoms with van der Waals surface area (Å²) in [6, 6.07) is 13.8. The highest BCUT2D eigenvalue weighted by Crippen LogP contribution is 2.33. The third-order valence-corrected chi connectivity index (χ3v) is 5.94. The fourth-order valence-corrected chi connectivity index (χ4v) is 4.37. The van der Waals surface area contributed by atoms with Crippen LogP contribution in [0.1, 0.15) is 58.2 Å². The number of pyridine rings is 1. The molecule has 1 atom stereocenters. The Morgan fingerprint density at radius 3 is 2.68 bits per heavy atom. The Labute approximate surface area is 168 Å². The van der Waals surface area contributed by atoms with E-state index in [0.29, 0.717) is 6.04 Å². The number of likely N-dealkylation sites (tertiary alicyclic amines) is 1. The molecule has 0 N–H and O–H groups in total. The minimum Gasteiger partial charge on any atom is -0.290 e. The largest absolute Gasteiger partial charge is 0.290 e. The maximum atomic E-state index is 4.93. The Morgan fingerprint density at radius 1 is 1.07 bits per heavy atom. The molecular weight excluding hydrogens is 344 g/mol. The van der Waals surface area contributed by atoms with Gasteiger partial charge in [0.1, 0.15) is 0 Å². The van der Waals surface area contributed by atoms with Crippen molar-refractivity contribution in [1.82, 2.24) is 19.7 Å². The van der Waals surface area contributed by atoms with Crippen molar-refractivity contribution in [2.75, 3.05) is 6.54 Å². The molecule has 28 heavy (non-hydrogen) atoms. The van der Waals surface area contributed by atoms with E-state index in [-0.39, 0.29) is 0 Å². The van der Waals surface area contributed by atoms with E-state index in [1.54, 1.807) is 0 Å². The molecule has 3 aromatic rings. The summed E-state index contributed by atoms with van der Waals surface area (Å²) in [5, 5.41) is 4.41. The lowest BCUT2D eigenvalue weighted by Gasteiger charge is -2.24. The van der Waals surface area contributed by atoms with Gasteiger partial charge in [0.2, 0.25) is 0 Å². The molecule has 0 amide bonds. The Balaban J connectivity index is 1.57. The monoisotopic (exact) mass is 374 g/mol. The van der Waals surface area contributed by atoms with Gasteiger partial charge in [-0.1, -0.05) is 29.8 Å². The van der Waals surface area contributed by atoms with E-state index in [1.165, 1.54) is 46.5 Å². The van der Waals surface area contributed by atoms with Crippen molar-refractivity contribution in [3.63, 3.8) is 0 Å². The van der Waals surface area contributed by atoms with Gasteiger partial charge in [-0.3, -0.25) is 14.6 Å². The molecule has 0 saturated carbocycles. The Hall–Kier alpha value is -2.46. The third kappa shape index (κ3) is 4.02. The third-order valence-electron chi connectivity index (χ3n) is 5.94. The fourth-order valence-electron chi connectivity index (χ4n) is 4.37. The second kappa shape index (κ2) is 7.88. The molecule has 146 valence electrons. The first-order valence-corrected chi connectivity index (χ1v) is 10.2. The number of hydrogen-bond donors (Lipinski definition) is 0. The molecular formula is C24H30N4. The zero-order chi connectivity index (χ0) is 19.7. The predicted octanol–water partition coefficient (Wildman–Crippen LogP) is 4.67. The normalized spacial score (nSPS) is 17.4. The van der Waals surface area contributed by atoms with E-state index in [1.807, 2.05) is 17.9 Å². The standard InChI is InChI=1S/C24H30N4/c1-17-7-5-8-20(11-17)13-21-12-18(2)26-23(14-21)24-9-6-10-28(24)16-22-15-25-27(4)19(22)3/h5,7-8,11-12,14-15,24H,6,9-10,13,16H2,1-4H3/t24-/m1/s1. The lowest BCUT2D eigenvalue weighted by atomic mass is 10.0. The average Bonchev–Trinajstić information content (AvgIpc) is 3.23. The van der Waals surface area contributed by atoms with Crippen LogP contribution in [0.2, 0.25) is 0 Å². The second-order valence-corrected chi connectivity index (χ2v) is 8.21. The second-order valence-electron chi connectivity index (χ2n) is 8.21. The molecule has 4 heteroatoms. The van der Waals surface area contributed by atoms with Crippen LogP contribution in [0.5, 0.6) is 0 Å². The van der Waals surface area contributed by atoms with Crippen LogP contribution in [-0.4, -0.2) is 26.2 Å². The zero-order valence-corrected chi connectivity index (χ0v) is 17.4. The van der Waals surface area contributed by atoms with Gasteiger partial charge < -0.3 is 0 Å². The smallest absolute Gasteiger partial charge is 0.0581 e. The summed E-state index contributed by atoms with van der Waals surface area (Å²) in [7, 11) is 2.01. The Morgan fingerprint density at radius 2 is 1.93 bits per heavy atom. The number of benzene rings is 1. The molecule has 1 saturated heterocycles. The number of aryl methyl sites for hydroxylation is 3. The van der Waals surface area contributed by atoms with Gasteiger partial charge in [-0.05, 0) is 69.8 Å². The summed E-state index contributed by atoms with van der Waals surface area (Å²) < 4.78 is 1.96. The topological polar surface area (TPSA) is 34.0 Å². The van der Waals surface area contributed by atoms with Crippen LogP contribution in [0.3, 0.4) is 0 Å². The molecule has 4 rings (SSSR count). The molecule has 4 nitrogen and oxygen atoms in total.